The molecule has 1 rings (SSSR count). The van der Waals surface area contributed by atoms with E-state index in [1.54, 1.807) is 64.8 Å². The second-order valence-corrected chi connectivity index (χ2v) is 9.03. The van der Waals surface area contributed by atoms with Crippen molar-refractivity contribution in [3.8, 4) is 0 Å². The van der Waals surface area contributed by atoms with Gasteiger partial charge in [-0.2, -0.15) is 15.0 Å². The molecule has 0 aliphatic heterocycles. The third-order valence-corrected chi connectivity index (χ3v) is 5.38. The van der Waals surface area contributed by atoms with E-state index in [1.807, 2.05) is 18.8 Å². The zero-order chi connectivity index (χ0) is 11.1. The van der Waals surface area contributed by atoms with Crippen LogP contribution in [0.4, 0.5) is 0 Å². The summed E-state index contributed by atoms with van der Waals surface area (Å²) >= 11 is 0. The summed E-state index contributed by atoms with van der Waals surface area (Å²) in [7, 11) is 9.61. The Morgan fingerprint density at radius 1 is 0.600 bits per heavy atom. The van der Waals surface area contributed by atoms with E-state index in [9.17, 15) is 0 Å². The van der Waals surface area contributed by atoms with Crippen LogP contribution in [0, 0.1) is 0 Å². The lowest BCUT2D eigenvalue weighted by Crippen LogP contribution is -1.94. The lowest BCUT2D eigenvalue weighted by atomic mass is 11.1. The van der Waals surface area contributed by atoms with Crippen LogP contribution in [-0.2, 0) is 0 Å². The van der Waals surface area contributed by atoms with Gasteiger partial charge in [0.1, 0.15) is 0 Å². The van der Waals surface area contributed by atoms with E-state index in [1.165, 1.54) is 0 Å². The summed E-state index contributed by atoms with van der Waals surface area (Å²) in [5, 5.41) is 2.35. The molecular weight excluding hydrogens is 306 g/mol. The number of hydrogen-bond acceptors (Lipinski definition) is 9. The molecule has 0 bridgehead atoms. The molecule has 0 aromatic carbocycles. The van der Waals surface area contributed by atoms with Crippen LogP contribution in [0.1, 0.15) is 0 Å². The predicted molar refractivity (Wildman–Crippen MR) is 77.9 cm³/mol. The smallest absolute Gasteiger partial charge is 0.195 e. The van der Waals surface area contributed by atoms with Gasteiger partial charge in [0.2, 0.25) is 15.5 Å². The highest BCUT2D eigenvalue weighted by molar-refractivity contribution is 8.77. The highest BCUT2D eigenvalue weighted by atomic mass is 33.1. The van der Waals surface area contributed by atoms with Crippen molar-refractivity contribution in [2.75, 3.05) is 18.8 Å². The van der Waals surface area contributed by atoms with Gasteiger partial charge in [0, 0.05) is 0 Å². The van der Waals surface area contributed by atoms with Gasteiger partial charge in [0.05, 0.1) is 0 Å². The minimum absolute atomic E-state index is 0.783. The zero-order valence-electron chi connectivity index (χ0n) is 8.29. The van der Waals surface area contributed by atoms with Crippen LogP contribution in [0.25, 0.3) is 0 Å². The molecule has 1 aromatic rings. The molecule has 84 valence electrons. The standard InChI is InChI=1S/C6H9N3S6/c1-10-13-4-7-5(14-11-2)9-6(8-4)15-12-3/h1-3H3. The van der Waals surface area contributed by atoms with Gasteiger partial charge in [-0.05, 0) is 51.1 Å². The molecule has 0 spiro atoms. The molecule has 0 unspecified atom stereocenters. The lowest BCUT2D eigenvalue weighted by Gasteiger charge is -2.02. The Balaban J connectivity index is 2.86. The summed E-state index contributed by atoms with van der Waals surface area (Å²) in [5.74, 6) is 0. The Morgan fingerprint density at radius 3 is 1.07 bits per heavy atom. The van der Waals surface area contributed by atoms with Crippen LogP contribution in [0.3, 0.4) is 0 Å². The second-order valence-electron chi connectivity index (χ2n) is 1.93. The van der Waals surface area contributed by atoms with E-state index < -0.39 is 0 Å². The average Bonchev–Trinajstić information content (AvgIpc) is 2.19. The summed E-state index contributed by atoms with van der Waals surface area (Å²) in [6.45, 7) is 0. The minimum Gasteiger partial charge on any atom is -0.195 e. The van der Waals surface area contributed by atoms with E-state index in [0.717, 1.165) is 15.5 Å². The summed E-state index contributed by atoms with van der Waals surface area (Å²) in [4.78, 5) is 13.0. The van der Waals surface area contributed by atoms with E-state index in [4.69, 9.17) is 0 Å². The molecule has 0 aliphatic carbocycles. The van der Waals surface area contributed by atoms with Crippen molar-refractivity contribution in [1.29, 1.82) is 0 Å². The third-order valence-electron chi connectivity index (χ3n) is 1.05. The van der Waals surface area contributed by atoms with Crippen LogP contribution in [0.5, 0.6) is 0 Å². The first-order chi connectivity index (χ1) is 7.30. The fourth-order valence-electron chi connectivity index (χ4n) is 0.656. The Morgan fingerprint density at radius 2 is 0.867 bits per heavy atom. The maximum Gasteiger partial charge on any atom is 0.203 e. The highest BCUT2D eigenvalue weighted by Crippen LogP contribution is 2.33. The molecule has 0 radical (unpaired) electrons. The highest BCUT2D eigenvalue weighted by Gasteiger charge is 2.07. The van der Waals surface area contributed by atoms with Gasteiger partial charge in [-0.25, -0.2) is 0 Å². The van der Waals surface area contributed by atoms with Crippen LogP contribution in [0.15, 0.2) is 15.5 Å². The number of nitrogens with zero attached hydrogens (tertiary/aromatic N) is 3. The molecule has 15 heavy (non-hydrogen) atoms. The summed E-state index contributed by atoms with van der Waals surface area (Å²) in [6, 6.07) is 0. The normalized spacial score (nSPS) is 10.6. The van der Waals surface area contributed by atoms with E-state index in [0.29, 0.717) is 0 Å². The van der Waals surface area contributed by atoms with Gasteiger partial charge in [-0.1, -0.05) is 32.4 Å². The van der Waals surface area contributed by atoms with E-state index in [2.05, 4.69) is 15.0 Å². The molecule has 1 aromatic heterocycles. The van der Waals surface area contributed by atoms with E-state index in [-0.39, 0.29) is 0 Å². The van der Waals surface area contributed by atoms with Crippen molar-refractivity contribution in [3.05, 3.63) is 0 Å². The van der Waals surface area contributed by atoms with Crippen molar-refractivity contribution in [3.63, 3.8) is 0 Å². The summed E-state index contributed by atoms with van der Waals surface area (Å²) < 4.78 is 0. The maximum absolute atomic E-state index is 4.33. The van der Waals surface area contributed by atoms with Gasteiger partial charge < -0.3 is 0 Å². The third kappa shape index (κ3) is 5.31. The molecule has 0 saturated heterocycles. The SMILES string of the molecule is CSSc1nc(SSC)nc(SSC)n1. The molecule has 9 heteroatoms. The van der Waals surface area contributed by atoms with Crippen LogP contribution in [0.2, 0.25) is 0 Å². The molecule has 0 N–H and O–H groups in total. The van der Waals surface area contributed by atoms with Gasteiger partial charge in [0.15, 0.2) is 0 Å². The van der Waals surface area contributed by atoms with Crippen molar-refractivity contribution in [2.45, 2.75) is 15.5 Å². The quantitative estimate of drug-likeness (QED) is 0.724. The maximum atomic E-state index is 4.33. The topological polar surface area (TPSA) is 38.7 Å². The zero-order valence-corrected chi connectivity index (χ0v) is 13.2. The Hall–Kier alpha value is 1.11. The number of hydrogen-bond donors (Lipinski definition) is 0. The first-order valence-corrected chi connectivity index (χ1v) is 11.4. The summed E-state index contributed by atoms with van der Waals surface area (Å²) in [5.41, 5.74) is 0. The fraction of sp³-hybridized carbons (Fsp3) is 0.500. The van der Waals surface area contributed by atoms with Crippen LogP contribution < -0.4 is 0 Å². The number of rotatable bonds is 6. The Labute approximate surface area is 113 Å². The fourth-order valence-corrected chi connectivity index (χ4v) is 4.03. The van der Waals surface area contributed by atoms with Gasteiger partial charge in [-0.3, -0.25) is 0 Å². The van der Waals surface area contributed by atoms with Gasteiger partial charge >= 0.3 is 0 Å². The molecule has 1 heterocycles. The van der Waals surface area contributed by atoms with Crippen LogP contribution >= 0.6 is 64.8 Å². The Kier molecular flexibility index (Phi) is 7.78. The lowest BCUT2D eigenvalue weighted by molar-refractivity contribution is 0.723. The second kappa shape index (κ2) is 8.24. The van der Waals surface area contributed by atoms with E-state index >= 15 is 0 Å². The largest absolute Gasteiger partial charge is 0.203 e. The van der Waals surface area contributed by atoms with Crippen LogP contribution in [-0.4, -0.2) is 33.7 Å². The Bertz CT molecular complexity index is 249. The monoisotopic (exact) mass is 315 g/mol. The average molecular weight is 316 g/mol. The molecule has 0 fully saturated rings. The van der Waals surface area contributed by atoms with Crippen molar-refractivity contribution >= 4 is 64.8 Å². The van der Waals surface area contributed by atoms with Crippen molar-refractivity contribution in [1.82, 2.24) is 15.0 Å². The van der Waals surface area contributed by atoms with Gasteiger partial charge in [-0.15, -0.1) is 0 Å². The molecular formula is C6H9N3S6. The number of aromatic nitrogens is 3. The molecule has 3 nitrogen and oxygen atoms in total. The van der Waals surface area contributed by atoms with Crippen molar-refractivity contribution in [2.24, 2.45) is 0 Å². The first kappa shape index (κ1) is 14.2. The summed E-state index contributed by atoms with van der Waals surface area (Å²) in [6.07, 6.45) is 6.03. The van der Waals surface area contributed by atoms with Gasteiger partial charge in [0.25, 0.3) is 0 Å². The molecule has 0 saturated carbocycles. The molecule has 0 atom stereocenters. The molecule has 0 amide bonds. The van der Waals surface area contributed by atoms with Crippen molar-refractivity contribution < 1.29 is 0 Å². The molecule has 0 aliphatic rings. The predicted octanol–water partition coefficient (Wildman–Crippen LogP) is 3.98. The first-order valence-electron chi connectivity index (χ1n) is 3.68. The minimum atomic E-state index is 0.783.